The Morgan fingerprint density at radius 3 is 2.00 bits per heavy atom. The van der Waals surface area contributed by atoms with Gasteiger partial charge in [0, 0.05) is 35.6 Å². The molecule has 0 radical (unpaired) electrons. The van der Waals surface area contributed by atoms with Crippen LogP contribution >= 0.6 is 0 Å². The van der Waals surface area contributed by atoms with Crippen molar-refractivity contribution in [2.45, 2.75) is 25.4 Å². The van der Waals surface area contributed by atoms with E-state index in [1.54, 1.807) is 0 Å². The van der Waals surface area contributed by atoms with Crippen molar-refractivity contribution in [1.82, 2.24) is 4.90 Å². The van der Waals surface area contributed by atoms with Crippen molar-refractivity contribution in [3.63, 3.8) is 0 Å². The predicted octanol–water partition coefficient (Wildman–Crippen LogP) is 6.02. The Balaban J connectivity index is 1.40. The average molecular weight is 429 g/mol. The van der Waals surface area contributed by atoms with Gasteiger partial charge in [0.05, 0.1) is 0 Å². The third kappa shape index (κ3) is 4.08. The topological polar surface area (TPSA) is 53.0 Å². The van der Waals surface area contributed by atoms with Crippen LogP contribution in [0.2, 0.25) is 0 Å². The first-order valence-corrected chi connectivity index (χ1v) is 11.4. The maximum atomic E-state index is 10.9. The molecule has 2 aliphatic rings. The summed E-state index contributed by atoms with van der Waals surface area (Å²) in [6.45, 7) is 3.50. The summed E-state index contributed by atoms with van der Waals surface area (Å²) in [6, 6.07) is 26.0. The second-order valence-corrected chi connectivity index (χ2v) is 8.53. The van der Waals surface area contributed by atoms with Crippen LogP contribution in [-0.2, 0) is 4.74 Å². The van der Waals surface area contributed by atoms with Gasteiger partial charge in [0.1, 0.15) is 6.10 Å². The lowest BCUT2D eigenvalue weighted by Gasteiger charge is -2.33. The van der Waals surface area contributed by atoms with E-state index in [1.807, 2.05) is 0 Å². The van der Waals surface area contributed by atoms with Gasteiger partial charge in [0.2, 0.25) is 0 Å². The van der Waals surface area contributed by atoms with Gasteiger partial charge >= 0.3 is 6.16 Å². The van der Waals surface area contributed by atoms with Crippen LogP contribution in [0.4, 0.5) is 16.2 Å². The van der Waals surface area contributed by atoms with Crippen LogP contribution < -0.4 is 4.90 Å². The maximum Gasteiger partial charge on any atom is 0.506 e. The van der Waals surface area contributed by atoms with E-state index in [9.17, 15) is 4.79 Å². The van der Waals surface area contributed by atoms with Crippen LogP contribution in [0.15, 0.2) is 72.8 Å². The molecule has 2 heterocycles. The third-order valence-corrected chi connectivity index (χ3v) is 6.48. The van der Waals surface area contributed by atoms with E-state index in [1.165, 1.54) is 33.6 Å². The number of likely N-dealkylation sites (tertiary alicyclic amines) is 1. The van der Waals surface area contributed by atoms with Gasteiger partial charge in [0.15, 0.2) is 0 Å². The van der Waals surface area contributed by atoms with Crippen molar-refractivity contribution in [3.8, 4) is 22.3 Å². The molecule has 5 rings (SSSR count). The van der Waals surface area contributed by atoms with Gasteiger partial charge in [-0.05, 0) is 55.6 Å². The molecule has 1 saturated heterocycles. The Hall–Kier alpha value is -3.31. The molecule has 5 nitrogen and oxygen atoms in total. The van der Waals surface area contributed by atoms with E-state index < -0.39 is 6.16 Å². The third-order valence-electron chi connectivity index (χ3n) is 6.48. The summed E-state index contributed by atoms with van der Waals surface area (Å²) in [4.78, 5) is 15.7. The zero-order chi connectivity index (χ0) is 21.9. The second kappa shape index (κ2) is 9.05. The summed E-state index contributed by atoms with van der Waals surface area (Å²) in [7, 11) is 0. The smallest absolute Gasteiger partial charge is 0.450 e. The molecular formula is C27H28N2O3. The number of carboxylic acid groups (broad SMARTS) is 1. The van der Waals surface area contributed by atoms with Gasteiger partial charge < -0.3 is 14.7 Å². The number of anilines is 2. The number of rotatable bonds is 5. The summed E-state index contributed by atoms with van der Waals surface area (Å²) in [5.41, 5.74) is 7.51. The largest absolute Gasteiger partial charge is 0.506 e. The lowest BCUT2D eigenvalue weighted by molar-refractivity contribution is 0.0135. The van der Waals surface area contributed by atoms with Crippen molar-refractivity contribution in [2.75, 3.05) is 31.1 Å². The zero-order valence-corrected chi connectivity index (χ0v) is 18.1. The molecule has 0 saturated carbocycles. The minimum Gasteiger partial charge on any atom is -0.450 e. The van der Waals surface area contributed by atoms with Gasteiger partial charge in [-0.25, -0.2) is 4.79 Å². The van der Waals surface area contributed by atoms with Crippen LogP contribution in [0.3, 0.4) is 0 Å². The fraction of sp³-hybridized carbons (Fsp3) is 0.296. The minimum atomic E-state index is -1.17. The Labute approximate surface area is 188 Å². The van der Waals surface area contributed by atoms with Gasteiger partial charge in [-0.15, -0.1) is 0 Å². The number of hydrogen-bond donors (Lipinski definition) is 1. The molecule has 0 aliphatic carbocycles. The molecule has 0 spiro atoms. The van der Waals surface area contributed by atoms with Crippen LogP contribution in [-0.4, -0.2) is 48.4 Å². The summed E-state index contributed by atoms with van der Waals surface area (Å²) in [5.74, 6) is 0. The highest BCUT2D eigenvalue weighted by molar-refractivity contribution is 5.99. The Kier molecular flexibility index (Phi) is 5.82. The Morgan fingerprint density at radius 1 is 0.844 bits per heavy atom. The van der Waals surface area contributed by atoms with Crippen molar-refractivity contribution in [2.24, 2.45) is 0 Å². The van der Waals surface area contributed by atoms with Gasteiger partial charge in [-0.1, -0.05) is 60.7 Å². The fourth-order valence-electron chi connectivity index (χ4n) is 5.10. The van der Waals surface area contributed by atoms with Gasteiger partial charge in [-0.3, -0.25) is 4.90 Å². The van der Waals surface area contributed by atoms with E-state index in [-0.39, 0.29) is 6.10 Å². The van der Waals surface area contributed by atoms with Crippen LogP contribution in [0.5, 0.6) is 0 Å². The highest BCUT2D eigenvalue weighted by Gasteiger charge is 2.25. The predicted molar refractivity (Wildman–Crippen MR) is 128 cm³/mol. The quantitative estimate of drug-likeness (QED) is 0.504. The van der Waals surface area contributed by atoms with Crippen molar-refractivity contribution in [3.05, 3.63) is 72.8 Å². The van der Waals surface area contributed by atoms with Crippen molar-refractivity contribution in [1.29, 1.82) is 0 Å². The Bertz CT molecular complexity index is 1050. The molecule has 1 fully saturated rings. The molecule has 0 bridgehead atoms. The van der Waals surface area contributed by atoms with E-state index in [2.05, 4.69) is 82.6 Å². The molecule has 3 aromatic carbocycles. The normalized spacial score (nSPS) is 17.6. The molecule has 32 heavy (non-hydrogen) atoms. The molecule has 1 N–H and O–H groups in total. The highest BCUT2D eigenvalue weighted by atomic mass is 16.7. The van der Waals surface area contributed by atoms with Crippen molar-refractivity contribution < 1.29 is 14.6 Å². The zero-order valence-electron chi connectivity index (χ0n) is 18.1. The number of benzene rings is 3. The molecule has 3 aromatic rings. The number of ether oxygens (including phenoxy) is 1. The lowest BCUT2D eigenvalue weighted by Crippen LogP contribution is -2.41. The maximum absolute atomic E-state index is 10.9. The molecular weight excluding hydrogens is 400 g/mol. The van der Waals surface area contributed by atoms with Crippen LogP contribution in [0.25, 0.3) is 22.3 Å². The van der Waals surface area contributed by atoms with Crippen LogP contribution in [0, 0.1) is 0 Å². The highest BCUT2D eigenvalue weighted by Crippen LogP contribution is 2.47. The van der Waals surface area contributed by atoms with Gasteiger partial charge in [0.25, 0.3) is 0 Å². The van der Waals surface area contributed by atoms with E-state index >= 15 is 0 Å². The summed E-state index contributed by atoms with van der Waals surface area (Å²) < 4.78 is 5.03. The first-order valence-electron chi connectivity index (χ1n) is 11.4. The first-order chi connectivity index (χ1) is 15.7. The Morgan fingerprint density at radius 2 is 1.41 bits per heavy atom. The second-order valence-electron chi connectivity index (χ2n) is 8.53. The average Bonchev–Trinajstić information content (AvgIpc) is 2.93. The first kappa shape index (κ1) is 20.6. The molecule has 1 atom stereocenters. The number of piperidine rings is 1. The van der Waals surface area contributed by atoms with Gasteiger partial charge in [-0.2, -0.15) is 0 Å². The molecule has 0 amide bonds. The minimum absolute atomic E-state index is 0.213. The van der Waals surface area contributed by atoms with E-state index in [4.69, 9.17) is 9.84 Å². The van der Waals surface area contributed by atoms with E-state index in [0.717, 1.165) is 38.9 Å². The molecule has 2 aliphatic heterocycles. The monoisotopic (exact) mass is 428 g/mol. The SMILES string of the molecule is O=C(O)O[C@@H]1CCCN(CCCN2c3ccccc3-c3ccccc3-c3ccccc32)C1. The molecule has 5 heteroatoms. The number of para-hydroxylation sites is 2. The summed E-state index contributed by atoms with van der Waals surface area (Å²) in [6.07, 6.45) is 1.39. The molecule has 164 valence electrons. The van der Waals surface area contributed by atoms with Crippen LogP contribution in [0.1, 0.15) is 19.3 Å². The fourth-order valence-corrected chi connectivity index (χ4v) is 5.10. The molecule has 0 unspecified atom stereocenters. The summed E-state index contributed by atoms with van der Waals surface area (Å²) >= 11 is 0. The van der Waals surface area contributed by atoms with Crippen molar-refractivity contribution >= 4 is 17.5 Å². The summed E-state index contributed by atoms with van der Waals surface area (Å²) in [5, 5.41) is 8.94. The van der Waals surface area contributed by atoms with E-state index in [0.29, 0.717) is 6.54 Å². The number of hydrogen-bond acceptors (Lipinski definition) is 4. The standard InChI is InChI=1S/C27H28N2O3/c30-27(31)32-20-9-7-16-28(19-20)17-8-18-29-25-14-5-3-12-23(25)21-10-1-2-11-22(21)24-13-4-6-15-26(24)29/h1-6,10-15,20H,7-9,16-19H2,(H,30,31)/t20-/m1/s1. The number of nitrogens with zero attached hydrogens (tertiary/aromatic N) is 2. The lowest BCUT2D eigenvalue weighted by atomic mass is 9.95. The number of fused-ring (bicyclic) bond motifs is 5. The molecule has 0 aromatic heterocycles. The number of carbonyl (C=O) groups is 1.